The number of carbonyl (C=O) groups excluding carboxylic acids is 4. The van der Waals surface area contributed by atoms with Gasteiger partial charge in [-0.3, -0.25) is 19.2 Å². The SMILES string of the molecule is CCN(CC)C(=O)COc1c2cc(-c3ccccc3)cc1Cc1cc(-c3ccccc3)cc(c1OCC(=O)N(CC)CC)COCc1cc(-c3ccccc3)cc(c1OCC(=O)N(CC)CC)Cc1cc(-c3ccccc3)cc(c1OCC(=O)N(CC)CC)COC2. The third kappa shape index (κ3) is 16.8. The van der Waals surface area contributed by atoms with E-state index in [0.717, 1.165) is 66.8 Å². The van der Waals surface area contributed by atoms with Gasteiger partial charge in [-0.15, -0.1) is 0 Å². The van der Waals surface area contributed by atoms with Gasteiger partial charge < -0.3 is 48.0 Å². The molecule has 8 aromatic carbocycles. The molecule has 0 radical (unpaired) electrons. The molecule has 0 saturated carbocycles. The number of ether oxygens (including phenoxy) is 6. The van der Waals surface area contributed by atoms with Crippen molar-refractivity contribution in [1.82, 2.24) is 19.6 Å². The van der Waals surface area contributed by atoms with E-state index >= 15 is 0 Å². The lowest BCUT2D eigenvalue weighted by molar-refractivity contribution is -0.133. The number of carbonyl (C=O) groups is 4. The maximum Gasteiger partial charge on any atom is 0.260 e. The molecule has 92 heavy (non-hydrogen) atoms. The summed E-state index contributed by atoms with van der Waals surface area (Å²) in [6.07, 6.45) is 0.458. The van der Waals surface area contributed by atoms with Gasteiger partial charge in [-0.05, 0) is 171 Å². The predicted molar refractivity (Wildman–Crippen MR) is 364 cm³/mol. The molecule has 14 nitrogen and oxygen atoms in total. The maximum atomic E-state index is 14.1. The van der Waals surface area contributed by atoms with Gasteiger partial charge in [-0.2, -0.15) is 0 Å². The highest BCUT2D eigenvalue weighted by atomic mass is 16.5. The molecule has 0 N–H and O–H groups in total. The summed E-state index contributed by atoms with van der Waals surface area (Å²) in [6.45, 7) is 18.9. The van der Waals surface area contributed by atoms with Crippen LogP contribution in [-0.2, 0) is 67.9 Å². The Morgan fingerprint density at radius 1 is 0.283 bits per heavy atom. The van der Waals surface area contributed by atoms with Crippen molar-refractivity contribution >= 4 is 23.6 Å². The number of nitrogens with zero attached hydrogens (tertiary/aromatic N) is 4. The molecule has 4 amide bonds. The topological polar surface area (TPSA) is 137 Å². The Balaban J connectivity index is 1.33. The average Bonchev–Trinajstić information content (AvgIpc) is 0.853. The first-order valence-electron chi connectivity index (χ1n) is 32.5. The minimum atomic E-state index is -0.236. The summed E-state index contributed by atoms with van der Waals surface area (Å²) in [4.78, 5) is 63.4. The molecule has 8 aromatic rings. The van der Waals surface area contributed by atoms with E-state index in [1.54, 1.807) is 19.6 Å². The summed E-state index contributed by atoms with van der Waals surface area (Å²) in [5, 5.41) is 0. The molecule has 0 aliphatic carbocycles. The Bertz CT molecular complexity index is 3260. The van der Waals surface area contributed by atoms with E-state index in [0.29, 0.717) is 97.6 Å². The van der Waals surface area contributed by atoms with E-state index in [1.807, 2.05) is 128 Å². The molecule has 0 fully saturated rings. The second-order valence-electron chi connectivity index (χ2n) is 22.7. The van der Waals surface area contributed by atoms with E-state index < -0.39 is 0 Å². The van der Waals surface area contributed by atoms with Crippen molar-refractivity contribution in [2.24, 2.45) is 0 Å². The number of hydrogen-bond acceptors (Lipinski definition) is 10. The fourth-order valence-corrected chi connectivity index (χ4v) is 12.1. The zero-order chi connectivity index (χ0) is 64.9. The molecule has 8 bridgehead atoms. The molecule has 0 aromatic heterocycles. The van der Waals surface area contributed by atoms with Crippen LogP contribution in [0.25, 0.3) is 44.5 Å². The maximum absolute atomic E-state index is 14.1. The Labute approximate surface area is 543 Å². The Morgan fingerprint density at radius 2 is 0.467 bits per heavy atom. The monoisotopic (exact) mass is 1240 g/mol. The smallest absolute Gasteiger partial charge is 0.260 e. The number of likely N-dealkylation sites (N-methyl/N-ethyl adjacent to an activating group) is 4. The molecule has 14 heteroatoms. The van der Waals surface area contributed by atoms with Crippen molar-refractivity contribution in [2.45, 2.75) is 94.7 Å². The van der Waals surface area contributed by atoms with Crippen molar-refractivity contribution in [3.8, 4) is 67.5 Å². The van der Waals surface area contributed by atoms with Crippen molar-refractivity contribution < 1.29 is 47.6 Å². The standard InChI is InChI=1S/C78H88N4O10/c1-9-79(10-2)71(83)51-89-75-63-37-59(55-29-21-17-22-30-55)41-67(75)47-87-48-68-43-61(57-33-25-19-26-34-57)39-65(77(68)91-53-73(85)81(13-5)14-6)46-66-40-62(58-35-27-20-28-36-58)44-70(78(66)92-54-74(86)82(15-7)16-8)50-88-49-69-42-60(56-31-23-18-24-32-56)38-64(45-63)76(69)90-52-72(84)80(11-3)12-4/h17-44H,9-16,45-54H2,1-8H3. The van der Waals surface area contributed by atoms with E-state index in [2.05, 4.69) is 97.1 Å². The lowest BCUT2D eigenvalue weighted by Crippen LogP contribution is -2.34. The molecule has 0 saturated heterocycles. The van der Waals surface area contributed by atoms with Crippen LogP contribution in [0.2, 0.25) is 0 Å². The molecule has 0 atom stereocenters. The van der Waals surface area contributed by atoms with Gasteiger partial charge in [0, 0.05) is 87.5 Å². The first-order chi connectivity index (χ1) is 44.9. The quantitative estimate of drug-likeness (QED) is 0.0575. The predicted octanol–water partition coefficient (Wildman–Crippen LogP) is 14.3. The van der Waals surface area contributed by atoms with Crippen molar-refractivity contribution in [2.75, 3.05) is 78.8 Å². The van der Waals surface area contributed by atoms with Crippen LogP contribution in [0.4, 0.5) is 0 Å². The van der Waals surface area contributed by atoms with Gasteiger partial charge in [-0.1, -0.05) is 121 Å². The van der Waals surface area contributed by atoms with Gasteiger partial charge in [0.15, 0.2) is 26.4 Å². The van der Waals surface area contributed by atoms with Gasteiger partial charge in [-0.25, -0.2) is 0 Å². The molecule has 0 unspecified atom stereocenters. The molecule has 1 aliphatic rings. The fraction of sp³-hybridized carbons (Fsp3) is 0.333. The average molecular weight is 1240 g/mol. The lowest BCUT2D eigenvalue weighted by Gasteiger charge is -2.25. The molecule has 1 heterocycles. The first kappa shape index (κ1) is 67.2. The van der Waals surface area contributed by atoms with Gasteiger partial charge in [0.25, 0.3) is 23.6 Å². The van der Waals surface area contributed by atoms with Gasteiger partial charge >= 0.3 is 0 Å². The van der Waals surface area contributed by atoms with E-state index in [4.69, 9.17) is 28.4 Å². The summed E-state index contributed by atoms with van der Waals surface area (Å²) >= 11 is 0. The highest BCUT2D eigenvalue weighted by molar-refractivity contribution is 5.81. The van der Waals surface area contributed by atoms with Crippen LogP contribution in [0.3, 0.4) is 0 Å². The molecule has 480 valence electrons. The Hall–Kier alpha value is -9.24. The largest absolute Gasteiger partial charge is 0.483 e. The van der Waals surface area contributed by atoms with Crippen LogP contribution in [0.15, 0.2) is 170 Å². The number of rotatable bonds is 24. The van der Waals surface area contributed by atoms with Crippen LogP contribution in [-0.4, -0.2) is 122 Å². The summed E-state index contributed by atoms with van der Waals surface area (Å²) in [5.41, 5.74) is 13.2. The van der Waals surface area contributed by atoms with Crippen molar-refractivity contribution in [3.63, 3.8) is 0 Å². The minimum Gasteiger partial charge on any atom is -0.483 e. The van der Waals surface area contributed by atoms with Crippen LogP contribution >= 0.6 is 0 Å². The zero-order valence-corrected chi connectivity index (χ0v) is 54.8. The van der Waals surface area contributed by atoms with Crippen LogP contribution < -0.4 is 18.9 Å². The molecule has 9 rings (SSSR count). The van der Waals surface area contributed by atoms with Gasteiger partial charge in [0.05, 0.1) is 26.4 Å². The van der Waals surface area contributed by atoms with Gasteiger partial charge in [0.1, 0.15) is 23.0 Å². The second-order valence-corrected chi connectivity index (χ2v) is 22.7. The number of amides is 4. The highest BCUT2D eigenvalue weighted by Crippen LogP contribution is 2.42. The van der Waals surface area contributed by atoms with Crippen molar-refractivity contribution in [1.29, 1.82) is 0 Å². The van der Waals surface area contributed by atoms with E-state index in [-0.39, 0.29) is 89.3 Å². The minimum absolute atomic E-state index is 0.0249. The molecular weight excluding hydrogens is 1150 g/mol. The lowest BCUT2D eigenvalue weighted by atomic mass is 9.91. The molecule has 1 aliphatic heterocycles. The summed E-state index contributed by atoms with van der Waals surface area (Å²) in [5.74, 6) is 1.26. The van der Waals surface area contributed by atoms with Crippen LogP contribution in [0.5, 0.6) is 23.0 Å². The van der Waals surface area contributed by atoms with E-state index in [9.17, 15) is 19.2 Å². The molecule has 0 spiro atoms. The summed E-state index contributed by atoms with van der Waals surface area (Å²) < 4.78 is 41.7. The van der Waals surface area contributed by atoms with E-state index in [1.165, 1.54) is 0 Å². The fourth-order valence-electron chi connectivity index (χ4n) is 12.1. The number of fused-ring (bicyclic) bond motifs is 8. The third-order valence-corrected chi connectivity index (χ3v) is 17.0. The van der Waals surface area contributed by atoms with Gasteiger partial charge in [0.2, 0.25) is 0 Å². The Kier molecular flexibility index (Phi) is 24.2. The van der Waals surface area contributed by atoms with Crippen LogP contribution in [0.1, 0.15) is 99.9 Å². The third-order valence-electron chi connectivity index (χ3n) is 17.0. The summed E-state index contributed by atoms with van der Waals surface area (Å²) in [6, 6.07) is 57.2. The second kappa shape index (κ2) is 33.2. The van der Waals surface area contributed by atoms with Crippen molar-refractivity contribution in [3.05, 3.63) is 214 Å². The normalized spacial score (nSPS) is 12.3. The first-order valence-corrected chi connectivity index (χ1v) is 32.5. The summed E-state index contributed by atoms with van der Waals surface area (Å²) in [7, 11) is 0. The zero-order valence-electron chi connectivity index (χ0n) is 54.8. The molecular formula is C78H88N4O10. The number of hydrogen-bond donors (Lipinski definition) is 0. The number of benzene rings is 8. The Morgan fingerprint density at radius 3 is 0.652 bits per heavy atom. The highest BCUT2D eigenvalue weighted by Gasteiger charge is 2.27. The van der Waals surface area contributed by atoms with Crippen LogP contribution in [0, 0.1) is 0 Å².